The van der Waals surface area contributed by atoms with Crippen LogP contribution in [-0.2, 0) is 5.41 Å². The Hall–Kier alpha value is -0.780. The molecule has 0 amide bonds. The Bertz CT molecular complexity index is 364. The van der Waals surface area contributed by atoms with Crippen molar-refractivity contribution in [3.05, 3.63) is 35.4 Å². The molecule has 1 aliphatic carbocycles. The maximum Gasteiger partial charge on any atom is 0.0352 e. The molecule has 0 atom stereocenters. The van der Waals surface area contributed by atoms with E-state index in [1.807, 2.05) is 0 Å². The molecule has 0 saturated heterocycles. The largest absolute Gasteiger partial charge is 0.0585 e. The lowest BCUT2D eigenvalue weighted by molar-refractivity contribution is 0.443. The van der Waals surface area contributed by atoms with Crippen LogP contribution in [0.4, 0.5) is 0 Å². The molecule has 16 heavy (non-hydrogen) atoms. The predicted molar refractivity (Wildman–Crippen MR) is 71.0 cm³/mol. The third-order valence-electron chi connectivity index (χ3n) is 3.62. The standard InChI is InChI=1S/C16H24/c1-16(2,3)15-11-9-14(10-12-15)13-7-5-4-6-8-13/h9-13H,4-8H2,1-3H3/i13D. The number of benzene rings is 1. The normalized spacial score (nSPS) is 21.6. The molecule has 1 saturated carbocycles. The Morgan fingerprint density at radius 2 is 1.56 bits per heavy atom. The van der Waals surface area contributed by atoms with Gasteiger partial charge in [0.05, 0.1) is 0 Å². The summed E-state index contributed by atoms with van der Waals surface area (Å²) >= 11 is 0. The second-order valence-corrected chi connectivity index (χ2v) is 5.99. The summed E-state index contributed by atoms with van der Waals surface area (Å²) in [6, 6.07) is 8.78. The molecule has 1 fully saturated rings. The van der Waals surface area contributed by atoms with Crippen molar-refractivity contribution in [3.8, 4) is 0 Å². The van der Waals surface area contributed by atoms with Gasteiger partial charge in [0.25, 0.3) is 0 Å². The Labute approximate surface area is 101 Å². The van der Waals surface area contributed by atoms with Gasteiger partial charge in [-0.05, 0) is 35.3 Å². The van der Waals surface area contributed by atoms with Gasteiger partial charge in [-0.2, -0.15) is 0 Å². The van der Waals surface area contributed by atoms with E-state index in [4.69, 9.17) is 1.37 Å². The van der Waals surface area contributed by atoms with E-state index >= 15 is 0 Å². The first-order valence-electron chi connectivity index (χ1n) is 7.03. The van der Waals surface area contributed by atoms with Crippen LogP contribution in [0.1, 0.15) is 71.3 Å². The molecule has 0 unspecified atom stereocenters. The number of hydrogen-bond acceptors (Lipinski definition) is 0. The molecule has 88 valence electrons. The van der Waals surface area contributed by atoms with Crippen molar-refractivity contribution in [2.45, 2.75) is 64.2 Å². The topological polar surface area (TPSA) is 0 Å². The van der Waals surface area contributed by atoms with Crippen LogP contribution in [0.25, 0.3) is 0 Å². The molecule has 1 aromatic carbocycles. The Kier molecular flexibility index (Phi) is 2.99. The third kappa shape index (κ3) is 2.66. The number of hydrogen-bond donors (Lipinski definition) is 0. The number of rotatable bonds is 1. The molecule has 0 aromatic heterocycles. The van der Waals surface area contributed by atoms with Gasteiger partial charge in [-0.15, -0.1) is 0 Å². The minimum Gasteiger partial charge on any atom is -0.0585 e. The predicted octanol–water partition coefficient (Wildman–Crippen LogP) is 5.03. The lowest BCUT2D eigenvalue weighted by Crippen LogP contribution is -2.11. The van der Waals surface area contributed by atoms with Crippen LogP contribution in [0.5, 0.6) is 0 Å². The molecule has 0 heterocycles. The van der Waals surface area contributed by atoms with Crippen molar-refractivity contribution in [1.29, 1.82) is 0 Å². The van der Waals surface area contributed by atoms with Crippen LogP contribution in [0.2, 0.25) is 0 Å². The van der Waals surface area contributed by atoms with Gasteiger partial charge in [-0.1, -0.05) is 64.3 Å². The summed E-state index contributed by atoms with van der Waals surface area (Å²) in [5.41, 5.74) is 2.78. The highest BCUT2D eigenvalue weighted by atomic mass is 14.2. The highest BCUT2D eigenvalue weighted by molar-refractivity contribution is 5.29. The van der Waals surface area contributed by atoms with E-state index in [1.54, 1.807) is 0 Å². The van der Waals surface area contributed by atoms with Gasteiger partial charge in [-0.25, -0.2) is 0 Å². The fourth-order valence-corrected chi connectivity index (χ4v) is 2.47. The molecular weight excluding hydrogens is 192 g/mol. The quantitative estimate of drug-likeness (QED) is 0.618. The lowest BCUT2D eigenvalue weighted by Gasteiger charge is -2.24. The monoisotopic (exact) mass is 217 g/mol. The highest BCUT2D eigenvalue weighted by Crippen LogP contribution is 2.33. The molecule has 0 heteroatoms. The average Bonchev–Trinajstić information content (AvgIpc) is 2.29. The van der Waals surface area contributed by atoms with E-state index < -0.39 is 0 Å². The van der Waals surface area contributed by atoms with Gasteiger partial charge >= 0.3 is 0 Å². The van der Waals surface area contributed by atoms with Crippen molar-refractivity contribution in [1.82, 2.24) is 0 Å². The molecule has 0 spiro atoms. The van der Waals surface area contributed by atoms with Crippen LogP contribution in [0.3, 0.4) is 0 Å². The first-order chi connectivity index (χ1) is 7.92. The zero-order chi connectivity index (χ0) is 12.5. The molecule has 2 rings (SSSR count). The van der Waals surface area contributed by atoms with Gasteiger partial charge in [-0.3, -0.25) is 0 Å². The van der Waals surface area contributed by atoms with E-state index in [9.17, 15) is 0 Å². The van der Waals surface area contributed by atoms with Crippen LogP contribution >= 0.6 is 0 Å². The summed E-state index contributed by atoms with van der Waals surface area (Å²) in [5, 5.41) is 0. The van der Waals surface area contributed by atoms with Crippen molar-refractivity contribution in [2.24, 2.45) is 0 Å². The summed E-state index contributed by atoms with van der Waals surface area (Å²) in [6.07, 6.45) is 5.79. The summed E-state index contributed by atoms with van der Waals surface area (Å²) in [5.74, 6) is -0.311. The van der Waals surface area contributed by atoms with Gasteiger partial charge in [0, 0.05) is 1.37 Å². The van der Waals surface area contributed by atoms with Crippen LogP contribution < -0.4 is 0 Å². The zero-order valence-corrected chi connectivity index (χ0v) is 10.8. The minimum atomic E-state index is -0.311. The third-order valence-corrected chi connectivity index (χ3v) is 3.62. The summed E-state index contributed by atoms with van der Waals surface area (Å²) in [7, 11) is 0. The van der Waals surface area contributed by atoms with E-state index in [1.165, 1.54) is 30.4 Å². The van der Waals surface area contributed by atoms with E-state index in [2.05, 4.69) is 45.0 Å². The van der Waals surface area contributed by atoms with Gasteiger partial charge in [0.1, 0.15) is 0 Å². The molecule has 0 nitrogen and oxygen atoms in total. The summed E-state index contributed by atoms with van der Waals surface area (Å²) in [6.45, 7) is 6.71. The first kappa shape index (κ1) is 10.4. The fraction of sp³-hybridized carbons (Fsp3) is 0.625. The molecule has 0 radical (unpaired) electrons. The van der Waals surface area contributed by atoms with Crippen molar-refractivity contribution in [3.63, 3.8) is 0 Å². The maximum absolute atomic E-state index is 8.59. The first-order valence-corrected chi connectivity index (χ1v) is 6.53. The second kappa shape index (κ2) is 4.61. The summed E-state index contributed by atoms with van der Waals surface area (Å²) in [4.78, 5) is 0. The molecule has 0 bridgehead atoms. The zero-order valence-electron chi connectivity index (χ0n) is 11.8. The molecular formula is C16H24. The van der Waals surface area contributed by atoms with Gasteiger partial charge in [0.2, 0.25) is 0 Å². The van der Waals surface area contributed by atoms with Crippen molar-refractivity contribution >= 4 is 0 Å². The second-order valence-electron chi connectivity index (χ2n) is 5.99. The summed E-state index contributed by atoms with van der Waals surface area (Å²) < 4.78 is 8.59. The Morgan fingerprint density at radius 3 is 2.06 bits per heavy atom. The smallest absolute Gasteiger partial charge is 0.0352 e. The highest BCUT2D eigenvalue weighted by Gasteiger charge is 2.17. The molecule has 1 aromatic rings. The molecule has 0 N–H and O–H groups in total. The van der Waals surface area contributed by atoms with Crippen LogP contribution in [0, 0.1) is 0 Å². The lowest BCUT2D eigenvalue weighted by atomic mass is 9.81. The van der Waals surface area contributed by atoms with E-state index in [-0.39, 0.29) is 11.3 Å². The van der Waals surface area contributed by atoms with Crippen LogP contribution in [-0.4, -0.2) is 0 Å². The van der Waals surface area contributed by atoms with Gasteiger partial charge in [0.15, 0.2) is 0 Å². The van der Waals surface area contributed by atoms with Crippen LogP contribution in [0.15, 0.2) is 24.3 Å². The molecule has 0 aliphatic heterocycles. The Balaban J connectivity index is 2.23. The molecule has 1 aliphatic rings. The van der Waals surface area contributed by atoms with E-state index in [0.29, 0.717) is 0 Å². The van der Waals surface area contributed by atoms with E-state index in [0.717, 1.165) is 12.8 Å². The average molecular weight is 217 g/mol. The maximum atomic E-state index is 8.59. The van der Waals surface area contributed by atoms with Crippen molar-refractivity contribution in [2.75, 3.05) is 0 Å². The Morgan fingerprint density at radius 1 is 1.00 bits per heavy atom. The van der Waals surface area contributed by atoms with Crippen molar-refractivity contribution < 1.29 is 1.37 Å². The SMILES string of the molecule is [2H]C1(c2ccc(C(C)(C)C)cc2)CCCCC1. The minimum absolute atomic E-state index is 0.209. The van der Waals surface area contributed by atoms with Gasteiger partial charge < -0.3 is 0 Å². The fourth-order valence-electron chi connectivity index (χ4n) is 2.47.